The van der Waals surface area contributed by atoms with Gasteiger partial charge in [0.1, 0.15) is 0 Å². The lowest BCUT2D eigenvalue weighted by atomic mass is 10.1. The molecule has 21 heavy (non-hydrogen) atoms. The first-order valence-electron chi connectivity index (χ1n) is 7.32. The summed E-state index contributed by atoms with van der Waals surface area (Å²) in [5, 5.41) is 8.97. The van der Waals surface area contributed by atoms with E-state index in [4.69, 9.17) is 16.0 Å². The van der Waals surface area contributed by atoms with Crippen LogP contribution in [0.5, 0.6) is 0 Å². The summed E-state index contributed by atoms with van der Waals surface area (Å²) in [7, 11) is 0. The molecule has 1 saturated heterocycles. The molecular formula is C15H25ClN4O. The molecule has 0 unspecified atom stereocenters. The van der Waals surface area contributed by atoms with Crippen molar-refractivity contribution in [3.63, 3.8) is 0 Å². The highest BCUT2D eigenvalue weighted by Crippen LogP contribution is 2.13. The van der Waals surface area contributed by atoms with Gasteiger partial charge in [0.05, 0.1) is 12.3 Å². The highest BCUT2D eigenvalue weighted by atomic mass is 35.5. The minimum Gasteiger partial charge on any atom is -0.368 e. The number of piperidine rings is 1. The van der Waals surface area contributed by atoms with Crippen LogP contribution >= 0.6 is 12.4 Å². The van der Waals surface area contributed by atoms with Crippen LogP contribution in [-0.2, 0) is 4.84 Å². The van der Waals surface area contributed by atoms with Gasteiger partial charge < -0.3 is 10.6 Å². The summed E-state index contributed by atoms with van der Waals surface area (Å²) < 4.78 is 0. The topological polar surface area (TPSA) is 65.6 Å². The highest BCUT2D eigenvalue weighted by Gasteiger charge is 2.12. The molecule has 0 amide bonds. The van der Waals surface area contributed by atoms with Crippen LogP contribution in [0.1, 0.15) is 25.7 Å². The number of likely N-dealkylation sites (tertiary alicyclic amines) is 1. The standard InChI is InChI=1S/C15H24N4O.ClH/c16-15(17)19(14-8-3-1-4-9-14)20-13-7-12-18-10-5-2-6-11-18;/h1,3-4,8-9H,2,5-7,10-13H2,(H3,16,17);1H. The Morgan fingerprint density at radius 1 is 1.19 bits per heavy atom. The van der Waals surface area contributed by atoms with E-state index in [1.165, 1.54) is 37.4 Å². The van der Waals surface area contributed by atoms with Crippen LogP contribution in [0, 0.1) is 5.41 Å². The zero-order valence-corrected chi connectivity index (χ0v) is 13.1. The van der Waals surface area contributed by atoms with Crippen molar-refractivity contribution in [2.24, 2.45) is 5.73 Å². The molecule has 118 valence electrons. The molecule has 0 aliphatic carbocycles. The molecule has 0 aromatic heterocycles. The number of hydroxylamine groups is 1. The average molecular weight is 313 g/mol. The molecule has 5 nitrogen and oxygen atoms in total. The smallest absolute Gasteiger partial charge is 0.217 e. The van der Waals surface area contributed by atoms with E-state index in [2.05, 4.69) is 4.90 Å². The van der Waals surface area contributed by atoms with Crippen LogP contribution < -0.4 is 10.8 Å². The third-order valence-electron chi connectivity index (χ3n) is 3.50. The summed E-state index contributed by atoms with van der Waals surface area (Å²) in [5.74, 6) is -0.0887. The molecule has 0 spiro atoms. The Balaban J connectivity index is 0.00000220. The molecule has 6 heteroatoms. The molecule has 1 fully saturated rings. The van der Waals surface area contributed by atoms with Gasteiger partial charge in [0.15, 0.2) is 0 Å². The number of anilines is 1. The molecule has 2 rings (SSSR count). The van der Waals surface area contributed by atoms with Gasteiger partial charge in [-0.1, -0.05) is 24.6 Å². The Hall–Kier alpha value is -1.30. The van der Waals surface area contributed by atoms with E-state index in [0.29, 0.717) is 6.61 Å². The first-order valence-corrected chi connectivity index (χ1v) is 7.32. The predicted molar refractivity (Wildman–Crippen MR) is 88.9 cm³/mol. The predicted octanol–water partition coefficient (Wildman–Crippen LogP) is 2.62. The summed E-state index contributed by atoms with van der Waals surface area (Å²) in [4.78, 5) is 8.12. The van der Waals surface area contributed by atoms with E-state index in [0.717, 1.165) is 18.7 Å². The zero-order valence-electron chi connectivity index (χ0n) is 12.3. The van der Waals surface area contributed by atoms with Gasteiger partial charge in [-0.2, -0.15) is 5.06 Å². The number of para-hydroxylation sites is 1. The first kappa shape index (κ1) is 17.8. The molecule has 0 bridgehead atoms. The van der Waals surface area contributed by atoms with Gasteiger partial charge in [-0.25, -0.2) is 0 Å². The van der Waals surface area contributed by atoms with Gasteiger partial charge in [0.2, 0.25) is 5.96 Å². The van der Waals surface area contributed by atoms with Crippen molar-refractivity contribution >= 4 is 24.1 Å². The van der Waals surface area contributed by atoms with Crippen LogP contribution in [0.4, 0.5) is 5.69 Å². The van der Waals surface area contributed by atoms with Gasteiger partial charge in [-0.05, 0) is 44.5 Å². The summed E-state index contributed by atoms with van der Waals surface area (Å²) >= 11 is 0. The number of nitrogens with zero attached hydrogens (tertiary/aromatic N) is 2. The van der Waals surface area contributed by atoms with Gasteiger partial charge in [0, 0.05) is 6.54 Å². The Labute approximate surface area is 132 Å². The van der Waals surface area contributed by atoms with Crippen molar-refractivity contribution in [1.82, 2.24) is 4.90 Å². The Bertz CT molecular complexity index is 409. The van der Waals surface area contributed by atoms with Crippen LogP contribution in [-0.4, -0.2) is 37.1 Å². The number of nitrogens with two attached hydrogens (primary N) is 1. The molecule has 1 aromatic rings. The SMILES string of the molecule is Cl.N=C(N)N(OCCCN1CCCCC1)c1ccccc1. The van der Waals surface area contributed by atoms with Crippen molar-refractivity contribution in [1.29, 1.82) is 5.41 Å². The van der Waals surface area contributed by atoms with Gasteiger partial charge in [0.25, 0.3) is 0 Å². The summed E-state index contributed by atoms with van der Waals surface area (Å²) in [6.45, 7) is 4.04. The fourth-order valence-corrected chi connectivity index (χ4v) is 2.47. The van der Waals surface area contributed by atoms with Gasteiger partial charge in [-0.3, -0.25) is 10.2 Å². The minimum absolute atomic E-state index is 0. The summed E-state index contributed by atoms with van der Waals surface area (Å²) in [5.41, 5.74) is 6.36. The highest BCUT2D eigenvalue weighted by molar-refractivity contribution is 5.90. The number of rotatable bonds is 6. The second-order valence-corrected chi connectivity index (χ2v) is 5.10. The summed E-state index contributed by atoms with van der Waals surface area (Å²) in [6.07, 6.45) is 4.94. The van der Waals surface area contributed by atoms with Crippen molar-refractivity contribution in [2.45, 2.75) is 25.7 Å². The third kappa shape index (κ3) is 5.91. The lowest BCUT2D eigenvalue weighted by molar-refractivity contribution is 0.122. The Kier molecular flexibility index (Phi) is 8.12. The average Bonchev–Trinajstić information content (AvgIpc) is 2.49. The van der Waals surface area contributed by atoms with Crippen molar-refractivity contribution < 1.29 is 4.84 Å². The minimum atomic E-state index is -0.0887. The first-order chi connectivity index (χ1) is 9.77. The molecule has 1 aliphatic heterocycles. The molecule has 1 aliphatic rings. The van der Waals surface area contributed by atoms with E-state index < -0.39 is 0 Å². The van der Waals surface area contributed by atoms with Crippen LogP contribution in [0.15, 0.2) is 30.3 Å². The van der Waals surface area contributed by atoms with Crippen molar-refractivity contribution in [3.8, 4) is 0 Å². The molecule has 0 atom stereocenters. The molecule has 0 saturated carbocycles. The van der Waals surface area contributed by atoms with Crippen molar-refractivity contribution in [2.75, 3.05) is 31.3 Å². The Morgan fingerprint density at radius 2 is 1.86 bits per heavy atom. The van der Waals surface area contributed by atoms with E-state index >= 15 is 0 Å². The number of hydrogen-bond donors (Lipinski definition) is 2. The van der Waals surface area contributed by atoms with E-state index in [-0.39, 0.29) is 18.4 Å². The fourth-order valence-electron chi connectivity index (χ4n) is 2.47. The van der Waals surface area contributed by atoms with E-state index in [1.807, 2.05) is 30.3 Å². The Morgan fingerprint density at radius 3 is 2.48 bits per heavy atom. The summed E-state index contributed by atoms with van der Waals surface area (Å²) in [6, 6.07) is 9.50. The molecular weight excluding hydrogens is 288 g/mol. The van der Waals surface area contributed by atoms with Crippen molar-refractivity contribution in [3.05, 3.63) is 30.3 Å². The van der Waals surface area contributed by atoms with Crippen LogP contribution in [0.2, 0.25) is 0 Å². The number of guanidine groups is 1. The lowest BCUT2D eigenvalue weighted by Gasteiger charge is -2.27. The third-order valence-corrected chi connectivity index (χ3v) is 3.50. The maximum Gasteiger partial charge on any atom is 0.217 e. The quantitative estimate of drug-likeness (QED) is 0.367. The number of nitrogens with one attached hydrogen (secondary N) is 1. The zero-order chi connectivity index (χ0) is 14.2. The number of benzene rings is 1. The van der Waals surface area contributed by atoms with Gasteiger partial charge in [-0.15, -0.1) is 12.4 Å². The largest absolute Gasteiger partial charge is 0.368 e. The van der Waals surface area contributed by atoms with Gasteiger partial charge >= 0.3 is 0 Å². The van der Waals surface area contributed by atoms with E-state index in [1.54, 1.807) is 0 Å². The maximum absolute atomic E-state index is 7.59. The lowest BCUT2D eigenvalue weighted by Crippen LogP contribution is -2.37. The normalized spacial score (nSPS) is 15.2. The van der Waals surface area contributed by atoms with Crippen LogP contribution in [0.25, 0.3) is 0 Å². The second-order valence-electron chi connectivity index (χ2n) is 5.10. The number of halogens is 1. The molecule has 1 heterocycles. The molecule has 1 aromatic carbocycles. The second kappa shape index (κ2) is 9.60. The molecule has 3 N–H and O–H groups in total. The van der Waals surface area contributed by atoms with Crippen LogP contribution in [0.3, 0.4) is 0 Å². The fraction of sp³-hybridized carbons (Fsp3) is 0.533. The maximum atomic E-state index is 7.59. The monoisotopic (exact) mass is 312 g/mol. The number of hydrogen-bond acceptors (Lipinski definition) is 3. The molecule has 0 radical (unpaired) electrons. The van der Waals surface area contributed by atoms with E-state index in [9.17, 15) is 0 Å².